The lowest BCUT2D eigenvalue weighted by Gasteiger charge is -2.38. The van der Waals surface area contributed by atoms with Crippen LogP contribution in [0.3, 0.4) is 0 Å². The number of thiazole rings is 1. The molecule has 4 heterocycles. The van der Waals surface area contributed by atoms with E-state index in [9.17, 15) is 0 Å². The van der Waals surface area contributed by atoms with Crippen LogP contribution in [0.15, 0.2) is 17.8 Å². The molecular formula is C15H22N4OS. The van der Waals surface area contributed by atoms with Gasteiger partial charge in [-0.25, -0.2) is 4.98 Å². The molecule has 6 heteroatoms. The number of likely N-dealkylation sites (N-methyl/N-ethyl adjacent to an activating group) is 1. The number of imidazole rings is 1. The molecule has 5 nitrogen and oxygen atoms in total. The van der Waals surface area contributed by atoms with Crippen molar-refractivity contribution >= 4 is 16.3 Å². The molecule has 21 heavy (non-hydrogen) atoms. The normalized spacial score (nSPS) is 28.0. The molecule has 0 radical (unpaired) electrons. The van der Waals surface area contributed by atoms with Gasteiger partial charge >= 0.3 is 0 Å². The lowest BCUT2D eigenvalue weighted by molar-refractivity contribution is -0.0635. The maximum Gasteiger partial charge on any atom is 0.193 e. The van der Waals surface area contributed by atoms with Crippen molar-refractivity contribution in [3.63, 3.8) is 0 Å². The van der Waals surface area contributed by atoms with Crippen molar-refractivity contribution < 1.29 is 4.74 Å². The Kier molecular flexibility index (Phi) is 3.71. The number of nitrogens with one attached hydrogen (secondary N) is 1. The van der Waals surface area contributed by atoms with Crippen LogP contribution >= 0.6 is 11.3 Å². The second-order valence-electron chi connectivity index (χ2n) is 6.09. The van der Waals surface area contributed by atoms with Crippen LogP contribution in [-0.4, -0.2) is 59.2 Å². The number of ether oxygens (including phenoxy) is 1. The minimum atomic E-state index is 0.268. The Balaban J connectivity index is 1.45. The van der Waals surface area contributed by atoms with E-state index >= 15 is 0 Å². The van der Waals surface area contributed by atoms with Crippen LogP contribution < -0.4 is 5.32 Å². The summed E-state index contributed by atoms with van der Waals surface area (Å²) < 4.78 is 8.24. The van der Waals surface area contributed by atoms with Gasteiger partial charge in [0.15, 0.2) is 4.96 Å². The first-order valence-electron chi connectivity index (χ1n) is 7.77. The number of nitrogens with zero attached hydrogens (tertiary/aromatic N) is 3. The van der Waals surface area contributed by atoms with E-state index in [2.05, 4.69) is 32.4 Å². The first-order chi connectivity index (χ1) is 10.3. The Morgan fingerprint density at radius 3 is 3.38 bits per heavy atom. The predicted molar refractivity (Wildman–Crippen MR) is 84.0 cm³/mol. The van der Waals surface area contributed by atoms with Gasteiger partial charge in [0.1, 0.15) is 0 Å². The summed E-state index contributed by atoms with van der Waals surface area (Å²) in [6.45, 7) is 3.18. The van der Waals surface area contributed by atoms with Gasteiger partial charge in [-0.15, -0.1) is 11.3 Å². The van der Waals surface area contributed by atoms with E-state index in [0.717, 1.165) is 30.2 Å². The molecule has 2 aliphatic rings. The van der Waals surface area contributed by atoms with Gasteiger partial charge in [-0.1, -0.05) is 0 Å². The fourth-order valence-corrected chi connectivity index (χ4v) is 4.32. The number of fused-ring (bicyclic) bond motifs is 2. The summed E-state index contributed by atoms with van der Waals surface area (Å²) in [4.78, 5) is 8.37. The average molecular weight is 306 g/mol. The minimum Gasteiger partial charge on any atom is -0.374 e. The first-order valence-corrected chi connectivity index (χ1v) is 8.65. The molecule has 0 amide bonds. The van der Waals surface area contributed by atoms with Gasteiger partial charge in [0.05, 0.1) is 18.4 Å². The van der Waals surface area contributed by atoms with E-state index in [1.807, 2.05) is 7.05 Å². The van der Waals surface area contributed by atoms with E-state index in [1.165, 1.54) is 19.4 Å². The van der Waals surface area contributed by atoms with Crippen molar-refractivity contribution in [1.29, 1.82) is 0 Å². The Hall–Kier alpha value is -0.950. The zero-order valence-corrected chi connectivity index (χ0v) is 13.2. The standard InChI is InChI=1S/C15H22N4OS/c1-16-13(7-11-8-19-5-6-21-15(19)17-11)14-9-18-4-2-3-12(18)10-20-14/h5-6,8,12-14,16H,2-4,7,9-10H2,1H3. The fourth-order valence-electron chi connectivity index (χ4n) is 3.61. The van der Waals surface area contributed by atoms with E-state index in [-0.39, 0.29) is 6.10 Å². The third-order valence-electron chi connectivity index (χ3n) is 4.81. The second-order valence-corrected chi connectivity index (χ2v) is 6.96. The topological polar surface area (TPSA) is 41.8 Å². The van der Waals surface area contributed by atoms with Crippen molar-refractivity contribution in [1.82, 2.24) is 19.6 Å². The molecule has 4 rings (SSSR count). The summed E-state index contributed by atoms with van der Waals surface area (Å²) in [5.41, 5.74) is 1.15. The lowest BCUT2D eigenvalue weighted by atomic mass is 10.0. The molecule has 2 aliphatic heterocycles. The summed E-state index contributed by atoms with van der Waals surface area (Å²) >= 11 is 1.68. The maximum atomic E-state index is 6.14. The molecule has 0 bridgehead atoms. The SMILES string of the molecule is CNC(Cc1cn2ccsc2n1)C1CN2CCCC2CO1. The second kappa shape index (κ2) is 5.68. The molecule has 3 atom stereocenters. The van der Waals surface area contributed by atoms with Gasteiger partial charge in [-0.3, -0.25) is 9.30 Å². The van der Waals surface area contributed by atoms with Crippen LogP contribution in [0.2, 0.25) is 0 Å². The quantitative estimate of drug-likeness (QED) is 0.927. The molecule has 0 saturated carbocycles. The fraction of sp³-hybridized carbons (Fsp3) is 0.667. The highest BCUT2D eigenvalue weighted by Crippen LogP contribution is 2.24. The van der Waals surface area contributed by atoms with Crippen LogP contribution in [-0.2, 0) is 11.2 Å². The Labute approximate surface area is 128 Å². The van der Waals surface area contributed by atoms with Crippen molar-refractivity contribution in [3.8, 4) is 0 Å². The molecule has 2 aromatic heterocycles. The molecule has 0 spiro atoms. The van der Waals surface area contributed by atoms with Gasteiger partial charge in [0.2, 0.25) is 0 Å². The molecule has 2 saturated heterocycles. The predicted octanol–water partition coefficient (Wildman–Crippen LogP) is 1.39. The number of hydrogen-bond donors (Lipinski definition) is 1. The first kappa shape index (κ1) is 13.7. The van der Waals surface area contributed by atoms with Crippen molar-refractivity contribution in [2.75, 3.05) is 26.7 Å². The summed E-state index contributed by atoms with van der Waals surface area (Å²) in [6, 6.07) is 0.993. The van der Waals surface area contributed by atoms with Crippen molar-refractivity contribution in [3.05, 3.63) is 23.5 Å². The van der Waals surface area contributed by atoms with Crippen LogP contribution in [0, 0.1) is 0 Å². The van der Waals surface area contributed by atoms with Gasteiger partial charge in [0.25, 0.3) is 0 Å². The Bertz CT molecular complexity index is 581. The van der Waals surface area contributed by atoms with Crippen LogP contribution in [0.25, 0.3) is 4.96 Å². The summed E-state index contributed by atoms with van der Waals surface area (Å²) in [6.07, 6.45) is 8.02. The number of rotatable bonds is 4. The zero-order valence-electron chi connectivity index (χ0n) is 12.4. The smallest absolute Gasteiger partial charge is 0.193 e. The Morgan fingerprint density at radius 2 is 2.52 bits per heavy atom. The minimum absolute atomic E-state index is 0.268. The number of aromatic nitrogens is 2. The van der Waals surface area contributed by atoms with Gasteiger partial charge in [-0.05, 0) is 26.4 Å². The van der Waals surface area contributed by atoms with Gasteiger partial charge < -0.3 is 10.1 Å². The number of hydrogen-bond acceptors (Lipinski definition) is 5. The van der Waals surface area contributed by atoms with E-state index in [4.69, 9.17) is 9.72 Å². The molecular weight excluding hydrogens is 284 g/mol. The summed E-state index contributed by atoms with van der Waals surface area (Å²) in [5, 5.41) is 5.51. The van der Waals surface area contributed by atoms with E-state index < -0.39 is 0 Å². The molecule has 2 aromatic rings. The summed E-state index contributed by atoms with van der Waals surface area (Å²) in [5.74, 6) is 0. The Morgan fingerprint density at radius 1 is 1.57 bits per heavy atom. The maximum absolute atomic E-state index is 6.14. The third-order valence-corrected chi connectivity index (χ3v) is 5.58. The molecule has 0 aliphatic carbocycles. The van der Waals surface area contributed by atoms with Crippen LogP contribution in [0.5, 0.6) is 0 Å². The molecule has 1 N–H and O–H groups in total. The average Bonchev–Trinajstić information content (AvgIpc) is 3.18. The van der Waals surface area contributed by atoms with Gasteiger partial charge in [0, 0.05) is 42.8 Å². The molecule has 2 fully saturated rings. The largest absolute Gasteiger partial charge is 0.374 e. The highest BCUT2D eigenvalue weighted by Gasteiger charge is 2.35. The number of morpholine rings is 1. The molecule has 114 valence electrons. The van der Waals surface area contributed by atoms with E-state index in [1.54, 1.807) is 11.3 Å². The van der Waals surface area contributed by atoms with Crippen molar-refractivity contribution in [2.45, 2.75) is 37.5 Å². The van der Waals surface area contributed by atoms with Crippen molar-refractivity contribution in [2.24, 2.45) is 0 Å². The summed E-state index contributed by atoms with van der Waals surface area (Å²) in [7, 11) is 2.03. The highest BCUT2D eigenvalue weighted by atomic mass is 32.1. The van der Waals surface area contributed by atoms with Crippen LogP contribution in [0.1, 0.15) is 18.5 Å². The zero-order chi connectivity index (χ0) is 14.2. The molecule has 0 aromatic carbocycles. The van der Waals surface area contributed by atoms with Crippen LogP contribution in [0.4, 0.5) is 0 Å². The monoisotopic (exact) mass is 306 g/mol. The third kappa shape index (κ3) is 2.61. The van der Waals surface area contributed by atoms with Gasteiger partial charge in [-0.2, -0.15) is 0 Å². The molecule has 3 unspecified atom stereocenters. The highest BCUT2D eigenvalue weighted by molar-refractivity contribution is 7.15. The lowest BCUT2D eigenvalue weighted by Crippen LogP contribution is -2.54. The van der Waals surface area contributed by atoms with E-state index in [0.29, 0.717) is 12.1 Å².